The Morgan fingerprint density at radius 2 is 2.19 bits per heavy atom. The number of thiocarbonyl (C=S) groups is 1. The molecule has 0 aromatic heterocycles. The van der Waals surface area contributed by atoms with Gasteiger partial charge in [0.05, 0.1) is 0 Å². The van der Waals surface area contributed by atoms with Crippen molar-refractivity contribution in [2.75, 3.05) is 6.54 Å². The molecule has 2 nitrogen and oxygen atoms in total. The second-order valence-electron chi connectivity index (χ2n) is 4.61. The maximum absolute atomic E-state index is 5.20. The topological polar surface area (TPSA) is 24.1 Å². The van der Waals surface area contributed by atoms with E-state index in [0.29, 0.717) is 12.0 Å². The summed E-state index contributed by atoms with van der Waals surface area (Å²) >= 11 is 5.20. The lowest BCUT2D eigenvalue weighted by atomic mass is 9.78. The van der Waals surface area contributed by atoms with E-state index in [1.54, 1.807) is 0 Å². The maximum Gasteiger partial charge on any atom is 0.166 e. The standard InChI is InChI=1S/C13H18N2S/c1-9(2)15-13(16)14-8-11-7-10-5-3-4-6-12(10)11/h3-6,9,11H,7-8H2,1-2H3,(H2,14,15,16). The Morgan fingerprint density at radius 1 is 1.44 bits per heavy atom. The van der Waals surface area contributed by atoms with Crippen molar-refractivity contribution < 1.29 is 0 Å². The molecule has 0 aliphatic heterocycles. The zero-order valence-electron chi connectivity index (χ0n) is 9.79. The first kappa shape index (κ1) is 11.4. The maximum atomic E-state index is 5.20. The van der Waals surface area contributed by atoms with Crippen molar-refractivity contribution in [2.45, 2.75) is 32.2 Å². The van der Waals surface area contributed by atoms with Gasteiger partial charge in [-0.05, 0) is 43.6 Å². The zero-order valence-corrected chi connectivity index (χ0v) is 10.6. The van der Waals surface area contributed by atoms with Crippen LogP contribution in [0.1, 0.15) is 30.9 Å². The Morgan fingerprint density at radius 3 is 2.88 bits per heavy atom. The predicted octanol–water partition coefficient (Wildman–Crippen LogP) is 2.20. The summed E-state index contributed by atoms with van der Waals surface area (Å²) < 4.78 is 0. The Bertz CT molecular complexity index is 387. The third-order valence-electron chi connectivity index (χ3n) is 2.89. The molecule has 2 N–H and O–H groups in total. The molecule has 0 bridgehead atoms. The summed E-state index contributed by atoms with van der Waals surface area (Å²) in [7, 11) is 0. The predicted molar refractivity (Wildman–Crippen MR) is 71.8 cm³/mol. The van der Waals surface area contributed by atoms with Crippen molar-refractivity contribution in [3.63, 3.8) is 0 Å². The van der Waals surface area contributed by atoms with Gasteiger partial charge in [-0.1, -0.05) is 24.3 Å². The summed E-state index contributed by atoms with van der Waals surface area (Å²) in [5, 5.41) is 7.23. The number of rotatable bonds is 3. The van der Waals surface area contributed by atoms with E-state index in [1.165, 1.54) is 17.5 Å². The SMILES string of the molecule is CC(C)NC(=S)NCC1Cc2ccccc21. The number of nitrogens with one attached hydrogen (secondary N) is 2. The monoisotopic (exact) mass is 234 g/mol. The zero-order chi connectivity index (χ0) is 11.5. The average molecular weight is 234 g/mol. The van der Waals surface area contributed by atoms with Crippen LogP contribution in [0.25, 0.3) is 0 Å². The average Bonchev–Trinajstić information content (AvgIpc) is 2.18. The van der Waals surface area contributed by atoms with E-state index in [0.717, 1.165) is 11.7 Å². The molecule has 1 aromatic rings. The van der Waals surface area contributed by atoms with Gasteiger partial charge in [-0.3, -0.25) is 0 Å². The van der Waals surface area contributed by atoms with Crippen LogP contribution in [0.2, 0.25) is 0 Å². The van der Waals surface area contributed by atoms with Gasteiger partial charge in [-0.25, -0.2) is 0 Å². The Hall–Kier alpha value is -1.09. The van der Waals surface area contributed by atoms with Crippen molar-refractivity contribution in [1.29, 1.82) is 0 Å². The lowest BCUT2D eigenvalue weighted by molar-refractivity contribution is 0.583. The largest absolute Gasteiger partial charge is 0.362 e. The van der Waals surface area contributed by atoms with Gasteiger partial charge in [0.25, 0.3) is 0 Å². The van der Waals surface area contributed by atoms with Crippen molar-refractivity contribution in [3.8, 4) is 0 Å². The highest BCUT2D eigenvalue weighted by molar-refractivity contribution is 7.80. The van der Waals surface area contributed by atoms with Crippen LogP contribution in [0.15, 0.2) is 24.3 Å². The first-order valence-electron chi connectivity index (χ1n) is 5.79. The van der Waals surface area contributed by atoms with Crippen LogP contribution in [0.3, 0.4) is 0 Å². The van der Waals surface area contributed by atoms with Gasteiger partial charge >= 0.3 is 0 Å². The van der Waals surface area contributed by atoms with Gasteiger partial charge in [-0.2, -0.15) is 0 Å². The number of hydrogen-bond donors (Lipinski definition) is 2. The molecule has 16 heavy (non-hydrogen) atoms. The van der Waals surface area contributed by atoms with E-state index in [1.807, 2.05) is 0 Å². The molecule has 0 radical (unpaired) electrons. The summed E-state index contributed by atoms with van der Waals surface area (Å²) in [6, 6.07) is 9.03. The Balaban J connectivity index is 1.80. The van der Waals surface area contributed by atoms with Gasteiger partial charge in [0.15, 0.2) is 5.11 Å². The molecule has 1 aliphatic carbocycles. The summed E-state index contributed by atoms with van der Waals surface area (Å²) in [4.78, 5) is 0. The normalized spacial score (nSPS) is 17.6. The minimum Gasteiger partial charge on any atom is -0.362 e. The third kappa shape index (κ3) is 2.53. The molecule has 0 fully saturated rings. The van der Waals surface area contributed by atoms with E-state index in [4.69, 9.17) is 12.2 Å². The van der Waals surface area contributed by atoms with Crippen molar-refractivity contribution in [2.24, 2.45) is 0 Å². The smallest absolute Gasteiger partial charge is 0.166 e. The second-order valence-corrected chi connectivity index (χ2v) is 5.02. The molecule has 3 heteroatoms. The quantitative estimate of drug-likeness (QED) is 0.784. The number of fused-ring (bicyclic) bond motifs is 1. The molecular formula is C13H18N2S. The van der Waals surface area contributed by atoms with Gasteiger partial charge in [0, 0.05) is 18.5 Å². The van der Waals surface area contributed by atoms with Crippen molar-refractivity contribution in [3.05, 3.63) is 35.4 Å². The first-order chi connectivity index (χ1) is 7.66. The van der Waals surface area contributed by atoms with Crippen molar-refractivity contribution >= 4 is 17.3 Å². The molecule has 0 heterocycles. The van der Waals surface area contributed by atoms with E-state index in [2.05, 4.69) is 48.7 Å². The van der Waals surface area contributed by atoms with Crippen LogP contribution < -0.4 is 10.6 Å². The van der Waals surface area contributed by atoms with Gasteiger partial charge in [0.1, 0.15) is 0 Å². The number of hydrogen-bond acceptors (Lipinski definition) is 1. The summed E-state index contributed by atoms with van der Waals surface area (Å²) in [6.07, 6.45) is 1.17. The minimum atomic E-state index is 0.397. The second kappa shape index (κ2) is 4.83. The number of benzene rings is 1. The Labute approximate surface area is 102 Å². The molecule has 1 atom stereocenters. The van der Waals surface area contributed by atoms with Crippen LogP contribution in [0, 0.1) is 0 Å². The van der Waals surface area contributed by atoms with Crippen molar-refractivity contribution in [1.82, 2.24) is 10.6 Å². The van der Waals surface area contributed by atoms with Crippen LogP contribution in [0.4, 0.5) is 0 Å². The van der Waals surface area contributed by atoms with E-state index in [9.17, 15) is 0 Å². The molecule has 2 rings (SSSR count). The molecule has 1 aliphatic rings. The fraction of sp³-hybridized carbons (Fsp3) is 0.462. The lowest BCUT2D eigenvalue weighted by Gasteiger charge is -2.30. The molecule has 0 spiro atoms. The van der Waals surface area contributed by atoms with Gasteiger partial charge < -0.3 is 10.6 Å². The lowest BCUT2D eigenvalue weighted by Crippen LogP contribution is -2.42. The van der Waals surface area contributed by atoms with Gasteiger partial charge in [0.2, 0.25) is 0 Å². The van der Waals surface area contributed by atoms with Gasteiger partial charge in [-0.15, -0.1) is 0 Å². The van der Waals surface area contributed by atoms with Crippen LogP contribution in [-0.2, 0) is 6.42 Å². The molecule has 86 valence electrons. The summed E-state index contributed by atoms with van der Waals surface area (Å²) in [6.45, 7) is 5.12. The molecule has 0 saturated heterocycles. The highest BCUT2D eigenvalue weighted by atomic mass is 32.1. The molecule has 0 saturated carbocycles. The minimum absolute atomic E-state index is 0.397. The third-order valence-corrected chi connectivity index (χ3v) is 3.15. The Kier molecular flexibility index (Phi) is 3.44. The van der Waals surface area contributed by atoms with Crippen LogP contribution >= 0.6 is 12.2 Å². The fourth-order valence-electron chi connectivity index (χ4n) is 2.07. The van der Waals surface area contributed by atoms with Crippen LogP contribution in [0.5, 0.6) is 0 Å². The first-order valence-corrected chi connectivity index (χ1v) is 6.20. The summed E-state index contributed by atoms with van der Waals surface area (Å²) in [5.74, 6) is 0.628. The van der Waals surface area contributed by atoms with E-state index < -0.39 is 0 Å². The summed E-state index contributed by atoms with van der Waals surface area (Å²) in [5.41, 5.74) is 2.96. The highest BCUT2D eigenvalue weighted by Crippen LogP contribution is 2.33. The molecular weight excluding hydrogens is 216 g/mol. The molecule has 1 unspecified atom stereocenters. The van der Waals surface area contributed by atoms with E-state index >= 15 is 0 Å². The van der Waals surface area contributed by atoms with E-state index in [-0.39, 0.29) is 0 Å². The highest BCUT2D eigenvalue weighted by Gasteiger charge is 2.24. The molecule has 1 aromatic carbocycles. The fourth-order valence-corrected chi connectivity index (χ4v) is 2.39. The van der Waals surface area contributed by atoms with Crippen LogP contribution in [-0.4, -0.2) is 17.7 Å². The molecule has 0 amide bonds.